The predicted octanol–water partition coefficient (Wildman–Crippen LogP) is 1.50. The fourth-order valence-corrected chi connectivity index (χ4v) is 2.49. The van der Waals surface area contributed by atoms with E-state index in [-0.39, 0.29) is 5.01 Å². The van der Waals surface area contributed by atoms with Gasteiger partial charge in [0.15, 0.2) is 0 Å². The second kappa shape index (κ2) is 5.57. The van der Waals surface area contributed by atoms with Crippen molar-refractivity contribution >= 4 is 17.3 Å². The number of carboxylic acid groups (broad SMARTS) is 1. The number of hydrogen-bond acceptors (Lipinski definition) is 5. The van der Waals surface area contributed by atoms with Crippen molar-refractivity contribution in [3.05, 3.63) is 16.1 Å². The number of aromatic carboxylic acids is 1. The van der Waals surface area contributed by atoms with Gasteiger partial charge in [0.05, 0.1) is 11.8 Å². The first kappa shape index (κ1) is 12.5. The van der Waals surface area contributed by atoms with Gasteiger partial charge in [-0.15, -0.1) is 11.3 Å². The van der Waals surface area contributed by atoms with Gasteiger partial charge < -0.3 is 15.2 Å². The SMILES string of the molecule is CCOC1CC(NCc2csc(C(=O)O)n2)C1. The molecule has 1 aliphatic rings. The first-order chi connectivity index (χ1) is 8.19. The molecule has 0 aromatic carbocycles. The lowest BCUT2D eigenvalue weighted by molar-refractivity contribution is -0.0103. The molecular formula is C11H16N2O3S. The Kier molecular flexibility index (Phi) is 4.09. The third kappa shape index (κ3) is 3.24. The zero-order valence-electron chi connectivity index (χ0n) is 9.68. The molecule has 0 unspecified atom stereocenters. The van der Waals surface area contributed by atoms with Crippen LogP contribution in [0.25, 0.3) is 0 Å². The monoisotopic (exact) mass is 256 g/mol. The summed E-state index contributed by atoms with van der Waals surface area (Å²) in [6.45, 7) is 3.40. The molecule has 1 heterocycles. The molecule has 6 heteroatoms. The van der Waals surface area contributed by atoms with Crippen LogP contribution >= 0.6 is 11.3 Å². The molecule has 0 aliphatic heterocycles. The van der Waals surface area contributed by atoms with Crippen LogP contribution in [-0.2, 0) is 11.3 Å². The molecule has 0 saturated heterocycles. The van der Waals surface area contributed by atoms with Gasteiger partial charge in [0.2, 0.25) is 5.01 Å². The largest absolute Gasteiger partial charge is 0.476 e. The van der Waals surface area contributed by atoms with Crippen molar-refractivity contribution in [2.45, 2.75) is 38.5 Å². The topological polar surface area (TPSA) is 71.5 Å². The molecule has 0 radical (unpaired) electrons. The molecule has 0 bridgehead atoms. The molecule has 0 atom stereocenters. The first-order valence-corrected chi connectivity index (χ1v) is 6.59. The average molecular weight is 256 g/mol. The normalized spacial score (nSPS) is 23.4. The Labute approximate surface area is 104 Å². The molecule has 1 saturated carbocycles. The van der Waals surface area contributed by atoms with Gasteiger partial charge in [-0.3, -0.25) is 0 Å². The summed E-state index contributed by atoms with van der Waals surface area (Å²) in [5.74, 6) is -0.957. The van der Waals surface area contributed by atoms with Crippen LogP contribution in [0.2, 0.25) is 0 Å². The van der Waals surface area contributed by atoms with Crippen molar-refractivity contribution in [1.29, 1.82) is 0 Å². The van der Waals surface area contributed by atoms with Crippen molar-refractivity contribution in [2.24, 2.45) is 0 Å². The molecule has 0 amide bonds. The predicted molar refractivity (Wildman–Crippen MR) is 64.3 cm³/mol. The Balaban J connectivity index is 1.70. The van der Waals surface area contributed by atoms with Crippen molar-refractivity contribution in [2.75, 3.05) is 6.61 Å². The number of carbonyl (C=O) groups is 1. The Hall–Kier alpha value is -0.980. The number of carboxylic acids is 1. The lowest BCUT2D eigenvalue weighted by atomic mass is 9.89. The zero-order chi connectivity index (χ0) is 12.3. The summed E-state index contributed by atoms with van der Waals surface area (Å²) >= 11 is 1.17. The molecule has 1 aromatic heterocycles. The number of nitrogens with zero attached hydrogens (tertiary/aromatic N) is 1. The Bertz CT molecular complexity index is 388. The molecule has 1 aliphatic carbocycles. The Morgan fingerprint density at radius 3 is 3.06 bits per heavy atom. The highest BCUT2D eigenvalue weighted by atomic mass is 32.1. The van der Waals surface area contributed by atoms with Crippen LogP contribution in [-0.4, -0.2) is 34.8 Å². The van der Waals surface area contributed by atoms with E-state index in [4.69, 9.17) is 9.84 Å². The summed E-state index contributed by atoms with van der Waals surface area (Å²) in [7, 11) is 0. The van der Waals surface area contributed by atoms with Crippen molar-refractivity contribution in [3.63, 3.8) is 0 Å². The standard InChI is InChI=1S/C11H16N2O3S/c1-2-16-9-3-7(4-9)12-5-8-6-17-10(13-8)11(14)15/h6-7,9,12H,2-5H2,1H3,(H,14,15). The molecule has 1 fully saturated rings. The summed E-state index contributed by atoms with van der Waals surface area (Å²) < 4.78 is 5.46. The molecule has 0 spiro atoms. The van der Waals surface area contributed by atoms with Gasteiger partial charge in [0, 0.05) is 24.6 Å². The molecule has 94 valence electrons. The average Bonchev–Trinajstić information content (AvgIpc) is 2.70. The van der Waals surface area contributed by atoms with E-state index in [1.807, 2.05) is 6.92 Å². The highest BCUT2D eigenvalue weighted by molar-refractivity contribution is 7.11. The van der Waals surface area contributed by atoms with E-state index in [2.05, 4.69) is 10.3 Å². The Morgan fingerprint density at radius 1 is 1.71 bits per heavy atom. The highest BCUT2D eigenvalue weighted by Crippen LogP contribution is 2.23. The maximum atomic E-state index is 10.6. The van der Waals surface area contributed by atoms with E-state index in [1.165, 1.54) is 11.3 Å². The smallest absolute Gasteiger partial charge is 0.365 e. The van der Waals surface area contributed by atoms with Gasteiger partial charge in [-0.25, -0.2) is 9.78 Å². The number of nitrogens with one attached hydrogen (secondary N) is 1. The maximum Gasteiger partial charge on any atom is 0.365 e. The highest BCUT2D eigenvalue weighted by Gasteiger charge is 2.28. The van der Waals surface area contributed by atoms with Gasteiger partial charge in [0.25, 0.3) is 0 Å². The molecule has 5 nitrogen and oxygen atoms in total. The number of hydrogen-bond donors (Lipinski definition) is 2. The molecule has 17 heavy (non-hydrogen) atoms. The van der Waals surface area contributed by atoms with Crippen LogP contribution < -0.4 is 5.32 Å². The lowest BCUT2D eigenvalue weighted by Gasteiger charge is -2.35. The lowest BCUT2D eigenvalue weighted by Crippen LogP contribution is -2.45. The van der Waals surface area contributed by atoms with Gasteiger partial charge >= 0.3 is 5.97 Å². The first-order valence-electron chi connectivity index (χ1n) is 5.71. The second-order valence-electron chi connectivity index (χ2n) is 4.08. The molecule has 2 N–H and O–H groups in total. The molecule has 2 rings (SSSR count). The van der Waals surface area contributed by atoms with Gasteiger partial charge in [0.1, 0.15) is 0 Å². The minimum absolute atomic E-state index is 0.155. The van der Waals surface area contributed by atoms with E-state index in [1.54, 1.807) is 5.38 Å². The van der Waals surface area contributed by atoms with Crippen molar-refractivity contribution in [3.8, 4) is 0 Å². The van der Waals surface area contributed by atoms with Crippen LogP contribution in [0.4, 0.5) is 0 Å². The quantitative estimate of drug-likeness (QED) is 0.807. The number of thiazole rings is 1. The fourth-order valence-electron chi connectivity index (χ4n) is 1.84. The number of ether oxygens (including phenoxy) is 1. The van der Waals surface area contributed by atoms with E-state index in [9.17, 15) is 4.79 Å². The number of aromatic nitrogens is 1. The van der Waals surface area contributed by atoms with Crippen LogP contribution in [0.1, 0.15) is 35.3 Å². The zero-order valence-corrected chi connectivity index (χ0v) is 10.5. The van der Waals surface area contributed by atoms with Crippen LogP contribution in [0.3, 0.4) is 0 Å². The van der Waals surface area contributed by atoms with E-state index < -0.39 is 5.97 Å². The summed E-state index contributed by atoms with van der Waals surface area (Å²) in [6.07, 6.45) is 2.45. The minimum Gasteiger partial charge on any atom is -0.476 e. The molecule has 1 aromatic rings. The second-order valence-corrected chi connectivity index (χ2v) is 4.93. The van der Waals surface area contributed by atoms with Gasteiger partial charge in [-0.05, 0) is 19.8 Å². The Morgan fingerprint density at radius 2 is 2.47 bits per heavy atom. The maximum absolute atomic E-state index is 10.6. The van der Waals surface area contributed by atoms with E-state index in [0.717, 1.165) is 25.1 Å². The minimum atomic E-state index is -0.957. The summed E-state index contributed by atoms with van der Waals surface area (Å²) in [4.78, 5) is 14.7. The van der Waals surface area contributed by atoms with Crippen LogP contribution in [0.5, 0.6) is 0 Å². The summed E-state index contributed by atoms with van der Waals surface area (Å²) in [5, 5.41) is 14.0. The third-order valence-corrected chi connectivity index (χ3v) is 3.68. The van der Waals surface area contributed by atoms with Gasteiger partial charge in [-0.1, -0.05) is 0 Å². The fraction of sp³-hybridized carbons (Fsp3) is 0.636. The van der Waals surface area contributed by atoms with Crippen molar-refractivity contribution in [1.82, 2.24) is 10.3 Å². The van der Waals surface area contributed by atoms with E-state index in [0.29, 0.717) is 18.7 Å². The van der Waals surface area contributed by atoms with Crippen molar-refractivity contribution < 1.29 is 14.6 Å². The van der Waals surface area contributed by atoms with Crippen LogP contribution in [0, 0.1) is 0 Å². The summed E-state index contributed by atoms with van der Waals surface area (Å²) in [5.41, 5.74) is 0.798. The third-order valence-electron chi connectivity index (χ3n) is 2.80. The van der Waals surface area contributed by atoms with Crippen LogP contribution in [0.15, 0.2) is 5.38 Å². The number of rotatable bonds is 6. The molecular weight excluding hydrogens is 240 g/mol. The summed E-state index contributed by atoms with van der Waals surface area (Å²) in [6, 6.07) is 0.474. The van der Waals surface area contributed by atoms with E-state index >= 15 is 0 Å². The van der Waals surface area contributed by atoms with Gasteiger partial charge in [-0.2, -0.15) is 0 Å².